The molecule has 0 radical (unpaired) electrons. The Morgan fingerprint density at radius 1 is 1.50 bits per heavy atom. The van der Waals surface area contributed by atoms with Crippen LogP contribution in [0, 0.1) is 6.92 Å². The Kier molecular flexibility index (Phi) is 1.36. The molecule has 1 heterocycles. The molecular formula is C4H7N3Se. The Morgan fingerprint density at radius 2 is 2.12 bits per heavy atom. The zero-order chi connectivity index (χ0) is 6.15. The van der Waals surface area contributed by atoms with Gasteiger partial charge in [-0.15, -0.1) is 0 Å². The normalized spacial score (nSPS) is 9.88. The van der Waals surface area contributed by atoms with Gasteiger partial charge in [0.15, 0.2) is 0 Å². The summed E-state index contributed by atoms with van der Waals surface area (Å²) in [6.07, 6.45) is 0. The minimum absolute atomic E-state index is 0.898. The van der Waals surface area contributed by atoms with Gasteiger partial charge >= 0.3 is 55.3 Å². The van der Waals surface area contributed by atoms with Crippen molar-refractivity contribution in [2.75, 3.05) is 0 Å². The van der Waals surface area contributed by atoms with Gasteiger partial charge < -0.3 is 0 Å². The third-order valence-corrected chi connectivity index (χ3v) is 1.89. The van der Waals surface area contributed by atoms with E-state index in [1.54, 1.807) is 0 Å². The van der Waals surface area contributed by atoms with E-state index in [-0.39, 0.29) is 0 Å². The molecule has 1 aromatic rings. The van der Waals surface area contributed by atoms with E-state index in [0.717, 1.165) is 10.5 Å². The summed E-state index contributed by atoms with van der Waals surface area (Å²) in [5, 5.41) is 7.61. The van der Waals surface area contributed by atoms with Gasteiger partial charge in [0, 0.05) is 0 Å². The topological polar surface area (TPSA) is 30.7 Å². The molecule has 0 unspecified atom stereocenters. The van der Waals surface area contributed by atoms with Crippen LogP contribution in [0.2, 0.25) is 0 Å². The van der Waals surface area contributed by atoms with Crippen molar-refractivity contribution in [3.63, 3.8) is 0 Å². The van der Waals surface area contributed by atoms with E-state index >= 15 is 0 Å². The van der Waals surface area contributed by atoms with Crippen molar-refractivity contribution >= 4 is 20.7 Å². The predicted molar refractivity (Wildman–Crippen MR) is 32.5 cm³/mol. The third kappa shape index (κ3) is 0.767. The molecule has 44 valence electrons. The Bertz CT molecular complexity index is 174. The third-order valence-electron chi connectivity index (χ3n) is 1.07. The van der Waals surface area contributed by atoms with Crippen molar-refractivity contribution in [2.45, 2.75) is 6.92 Å². The van der Waals surface area contributed by atoms with Crippen LogP contribution in [0.1, 0.15) is 5.82 Å². The Morgan fingerprint density at radius 3 is 2.25 bits per heavy atom. The van der Waals surface area contributed by atoms with Gasteiger partial charge in [-0.2, -0.15) is 0 Å². The van der Waals surface area contributed by atoms with E-state index in [2.05, 4.69) is 26.2 Å². The molecule has 0 bridgehead atoms. The molecule has 3 nitrogen and oxygen atoms in total. The first-order valence-electron chi connectivity index (χ1n) is 2.27. The fourth-order valence-corrected chi connectivity index (χ4v) is 0.793. The van der Waals surface area contributed by atoms with E-state index in [4.69, 9.17) is 0 Å². The molecule has 0 aliphatic heterocycles. The molecule has 0 aliphatic carbocycles. The summed E-state index contributed by atoms with van der Waals surface area (Å²) in [5.74, 6) is 0.945. The second-order valence-electron chi connectivity index (χ2n) is 1.61. The molecule has 0 fully saturated rings. The van der Waals surface area contributed by atoms with Crippen LogP contribution in [0.5, 0.6) is 0 Å². The Hall–Kier alpha value is -0.341. The van der Waals surface area contributed by atoms with Gasteiger partial charge in [-0.25, -0.2) is 0 Å². The SMILES string of the molecule is Cc1nnc([SeH])n1C. The second kappa shape index (κ2) is 1.88. The molecule has 1 rings (SSSR count). The Balaban J connectivity index is 3.19. The first-order valence-corrected chi connectivity index (χ1v) is 3.20. The number of hydrogen-bond acceptors (Lipinski definition) is 2. The first kappa shape index (κ1) is 5.79. The molecule has 0 amide bonds. The van der Waals surface area contributed by atoms with Gasteiger partial charge in [-0.3, -0.25) is 0 Å². The molecule has 0 saturated heterocycles. The number of rotatable bonds is 0. The van der Waals surface area contributed by atoms with Crippen molar-refractivity contribution in [3.05, 3.63) is 5.82 Å². The molecule has 0 spiro atoms. The van der Waals surface area contributed by atoms with Crippen LogP contribution in [-0.4, -0.2) is 30.8 Å². The van der Waals surface area contributed by atoms with E-state index < -0.39 is 0 Å². The maximum atomic E-state index is 3.81. The molecule has 0 aromatic carbocycles. The van der Waals surface area contributed by atoms with Crippen LogP contribution in [0.3, 0.4) is 0 Å². The molecule has 0 saturated carbocycles. The van der Waals surface area contributed by atoms with Crippen LogP contribution in [0.25, 0.3) is 0 Å². The summed E-state index contributed by atoms with van der Waals surface area (Å²) in [6.45, 7) is 1.92. The van der Waals surface area contributed by atoms with E-state index in [1.165, 1.54) is 0 Å². The average Bonchev–Trinajstić information content (AvgIpc) is 1.98. The molecule has 8 heavy (non-hydrogen) atoms. The van der Waals surface area contributed by atoms with Gasteiger partial charge in [-0.1, -0.05) is 0 Å². The molecule has 1 aromatic heterocycles. The number of nitrogens with zero attached hydrogens (tertiary/aromatic N) is 3. The van der Waals surface area contributed by atoms with Crippen molar-refractivity contribution in [1.29, 1.82) is 0 Å². The van der Waals surface area contributed by atoms with Crippen molar-refractivity contribution < 1.29 is 0 Å². The van der Waals surface area contributed by atoms with E-state index in [9.17, 15) is 0 Å². The number of hydrogen-bond donors (Lipinski definition) is 0. The Labute approximate surface area is 55.9 Å². The summed E-state index contributed by atoms with van der Waals surface area (Å²) in [4.78, 5) is 0. The molecule has 0 atom stereocenters. The second-order valence-corrected chi connectivity index (χ2v) is 2.45. The summed E-state index contributed by atoms with van der Waals surface area (Å²) < 4.78 is 2.81. The van der Waals surface area contributed by atoms with E-state index in [1.807, 2.05) is 18.5 Å². The van der Waals surface area contributed by atoms with Crippen LogP contribution in [0.4, 0.5) is 0 Å². The fourth-order valence-electron chi connectivity index (χ4n) is 0.396. The van der Waals surface area contributed by atoms with Crippen LogP contribution < -0.4 is 4.72 Å². The summed E-state index contributed by atoms with van der Waals surface area (Å²) >= 11 is 2.36. The van der Waals surface area contributed by atoms with Crippen LogP contribution >= 0.6 is 0 Å². The molecule has 0 N–H and O–H groups in total. The maximum absolute atomic E-state index is 3.81. The minimum atomic E-state index is 0.898. The standard InChI is InChI=1S/C4H7N3Se/c1-3-5-6-4(8)7(3)2/h1-2H3,(H,6,8). The molecule has 4 heteroatoms. The monoisotopic (exact) mass is 177 g/mol. The van der Waals surface area contributed by atoms with Gasteiger partial charge in [0.2, 0.25) is 0 Å². The zero-order valence-corrected chi connectivity index (χ0v) is 6.67. The van der Waals surface area contributed by atoms with Crippen LogP contribution in [0.15, 0.2) is 0 Å². The zero-order valence-electron chi connectivity index (χ0n) is 4.79. The number of aryl methyl sites for hydroxylation is 1. The summed E-state index contributed by atoms with van der Waals surface area (Å²) in [6, 6.07) is 0. The van der Waals surface area contributed by atoms with Gasteiger partial charge in [-0.05, 0) is 0 Å². The van der Waals surface area contributed by atoms with Gasteiger partial charge in [0.25, 0.3) is 0 Å². The molecular weight excluding hydrogens is 169 g/mol. The number of aromatic nitrogens is 3. The van der Waals surface area contributed by atoms with Gasteiger partial charge in [0.1, 0.15) is 0 Å². The van der Waals surface area contributed by atoms with Gasteiger partial charge in [0.05, 0.1) is 0 Å². The van der Waals surface area contributed by atoms with Crippen molar-refractivity contribution in [2.24, 2.45) is 7.05 Å². The van der Waals surface area contributed by atoms with Crippen molar-refractivity contribution in [3.8, 4) is 0 Å². The predicted octanol–water partition coefficient (Wildman–Crippen LogP) is -1.35. The molecule has 0 aliphatic rings. The summed E-state index contributed by atoms with van der Waals surface area (Å²) in [7, 11) is 1.93. The van der Waals surface area contributed by atoms with Crippen LogP contribution in [-0.2, 0) is 7.05 Å². The van der Waals surface area contributed by atoms with Crippen molar-refractivity contribution in [1.82, 2.24) is 14.8 Å². The van der Waals surface area contributed by atoms with E-state index in [0.29, 0.717) is 0 Å². The quantitative estimate of drug-likeness (QED) is 0.457. The first-order chi connectivity index (χ1) is 3.72. The summed E-state index contributed by atoms with van der Waals surface area (Å²) in [5.41, 5.74) is 0. The average molecular weight is 176 g/mol. The fraction of sp³-hybridized carbons (Fsp3) is 0.500.